The van der Waals surface area contributed by atoms with Crippen LogP contribution in [-0.2, 0) is 18.0 Å². The molecule has 1 N–H and O–H groups in total. The number of fused-ring (bicyclic) bond motifs is 1. The standard InChI is InChI=1S/C20H18ClF5N4O2/c1-29(9-3-5-32-6-4-9)19-13(21)17-11(8-27-19)16(28-30(17)2)10-7-12(20(24,25)26)15(23)18(31)14(10)22/h7-9,31H,3-6H2,1-2H3. The van der Waals surface area contributed by atoms with E-state index in [1.807, 2.05) is 11.9 Å². The van der Waals surface area contributed by atoms with Crippen molar-refractivity contribution in [2.24, 2.45) is 7.05 Å². The van der Waals surface area contributed by atoms with Crippen molar-refractivity contribution in [3.8, 4) is 17.0 Å². The summed E-state index contributed by atoms with van der Waals surface area (Å²) in [5.74, 6) is -4.95. The van der Waals surface area contributed by atoms with Gasteiger partial charge in [-0.3, -0.25) is 4.68 Å². The Morgan fingerprint density at radius 1 is 1.22 bits per heavy atom. The monoisotopic (exact) mass is 476 g/mol. The molecule has 1 aromatic carbocycles. The van der Waals surface area contributed by atoms with Gasteiger partial charge in [-0.25, -0.2) is 13.8 Å². The van der Waals surface area contributed by atoms with E-state index in [1.54, 1.807) is 0 Å². The molecule has 0 spiro atoms. The second-order valence-corrected chi connectivity index (χ2v) is 7.91. The van der Waals surface area contributed by atoms with Crippen LogP contribution >= 0.6 is 11.6 Å². The molecule has 0 amide bonds. The Hall–Kier alpha value is -2.66. The maximum Gasteiger partial charge on any atom is 0.419 e. The van der Waals surface area contributed by atoms with Crippen molar-refractivity contribution >= 4 is 28.3 Å². The van der Waals surface area contributed by atoms with Crippen LogP contribution in [0, 0.1) is 11.6 Å². The second-order valence-electron chi connectivity index (χ2n) is 7.53. The molecule has 1 saturated heterocycles. The van der Waals surface area contributed by atoms with Gasteiger partial charge in [-0.05, 0) is 18.9 Å². The first-order chi connectivity index (χ1) is 15.0. The van der Waals surface area contributed by atoms with Gasteiger partial charge < -0.3 is 14.7 Å². The highest BCUT2D eigenvalue weighted by Gasteiger charge is 2.38. The highest BCUT2D eigenvalue weighted by atomic mass is 35.5. The molecule has 6 nitrogen and oxygen atoms in total. The summed E-state index contributed by atoms with van der Waals surface area (Å²) in [6, 6.07) is 0.405. The smallest absolute Gasteiger partial charge is 0.419 e. The van der Waals surface area contributed by atoms with E-state index in [-0.39, 0.29) is 28.2 Å². The summed E-state index contributed by atoms with van der Waals surface area (Å²) in [5, 5.41) is 14.1. The lowest BCUT2D eigenvalue weighted by Crippen LogP contribution is -2.37. The van der Waals surface area contributed by atoms with Crippen LogP contribution in [0.4, 0.5) is 27.8 Å². The van der Waals surface area contributed by atoms with Gasteiger partial charge in [-0.15, -0.1) is 0 Å². The van der Waals surface area contributed by atoms with Gasteiger partial charge in [-0.2, -0.15) is 18.3 Å². The molecule has 1 aliphatic rings. The van der Waals surface area contributed by atoms with Gasteiger partial charge in [0.05, 0.1) is 11.1 Å². The Morgan fingerprint density at radius 2 is 1.88 bits per heavy atom. The van der Waals surface area contributed by atoms with Crippen LogP contribution in [0.3, 0.4) is 0 Å². The fourth-order valence-corrected chi connectivity index (χ4v) is 4.31. The van der Waals surface area contributed by atoms with E-state index in [9.17, 15) is 27.1 Å². The van der Waals surface area contributed by atoms with E-state index >= 15 is 0 Å². The lowest BCUT2D eigenvalue weighted by molar-refractivity contribution is -0.140. The number of nitrogens with zero attached hydrogens (tertiary/aromatic N) is 4. The molecule has 4 rings (SSSR count). The molecule has 0 radical (unpaired) electrons. The lowest BCUT2D eigenvalue weighted by Gasteiger charge is -2.32. The van der Waals surface area contributed by atoms with Crippen LogP contribution in [0.15, 0.2) is 12.3 Å². The van der Waals surface area contributed by atoms with E-state index in [0.29, 0.717) is 24.5 Å². The molecule has 3 aromatic rings. The number of benzene rings is 1. The average molecular weight is 477 g/mol. The predicted molar refractivity (Wildman–Crippen MR) is 108 cm³/mol. The fourth-order valence-electron chi connectivity index (χ4n) is 3.90. The molecule has 172 valence electrons. The average Bonchev–Trinajstić information content (AvgIpc) is 3.08. The predicted octanol–water partition coefficient (Wildman–Crippen LogP) is 4.91. The molecule has 12 heteroatoms. The SMILES string of the molecule is CN(c1ncc2c(-c3cc(C(F)(F)F)c(F)c(O)c3F)nn(C)c2c1Cl)C1CCOCC1. The van der Waals surface area contributed by atoms with Gasteiger partial charge in [-0.1, -0.05) is 11.6 Å². The highest BCUT2D eigenvalue weighted by Crippen LogP contribution is 2.43. The summed E-state index contributed by atoms with van der Waals surface area (Å²) in [4.78, 5) is 6.23. The van der Waals surface area contributed by atoms with Gasteiger partial charge in [0.25, 0.3) is 0 Å². The molecule has 0 saturated carbocycles. The number of ether oxygens (including phenoxy) is 1. The summed E-state index contributed by atoms with van der Waals surface area (Å²) in [5.41, 5.74) is -2.47. The molecule has 1 fully saturated rings. The largest absolute Gasteiger partial charge is 0.503 e. The summed E-state index contributed by atoms with van der Waals surface area (Å²) in [6.45, 7) is 1.19. The number of phenolic OH excluding ortho intramolecular Hbond substituents is 1. The van der Waals surface area contributed by atoms with E-state index in [1.165, 1.54) is 17.9 Å². The molecule has 0 unspecified atom stereocenters. The molecule has 2 aromatic heterocycles. The Balaban J connectivity index is 1.88. The molecule has 0 bridgehead atoms. The minimum Gasteiger partial charge on any atom is -0.503 e. The molecule has 3 heterocycles. The number of hydrogen-bond donors (Lipinski definition) is 1. The Labute approximate surface area is 184 Å². The minimum atomic E-state index is -5.15. The third kappa shape index (κ3) is 3.62. The van der Waals surface area contributed by atoms with Crippen molar-refractivity contribution in [3.63, 3.8) is 0 Å². The normalized spacial score (nSPS) is 15.5. The van der Waals surface area contributed by atoms with Gasteiger partial charge in [0, 0.05) is 50.5 Å². The zero-order valence-corrected chi connectivity index (χ0v) is 17.7. The number of halogens is 6. The van der Waals surface area contributed by atoms with Gasteiger partial charge in [0.2, 0.25) is 0 Å². The van der Waals surface area contributed by atoms with Crippen LogP contribution < -0.4 is 4.90 Å². The molecule has 0 aliphatic carbocycles. The Morgan fingerprint density at radius 3 is 2.50 bits per heavy atom. The van der Waals surface area contributed by atoms with Crippen molar-refractivity contribution in [2.45, 2.75) is 25.1 Å². The zero-order valence-electron chi connectivity index (χ0n) is 17.0. The fraction of sp³-hybridized carbons (Fsp3) is 0.400. The summed E-state index contributed by atoms with van der Waals surface area (Å²) in [6.07, 6.45) is -2.29. The topological polar surface area (TPSA) is 63.4 Å². The highest BCUT2D eigenvalue weighted by molar-refractivity contribution is 6.37. The Kier molecular flexibility index (Phi) is 5.66. The Bertz CT molecular complexity index is 1190. The first-order valence-corrected chi connectivity index (χ1v) is 10.0. The number of alkyl halides is 3. The summed E-state index contributed by atoms with van der Waals surface area (Å²) < 4.78 is 74.8. The number of aromatic hydroxyl groups is 1. The van der Waals surface area contributed by atoms with E-state index < -0.39 is 34.7 Å². The number of aromatic nitrogens is 3. The van der Waals surface area contributed by atoms with E-state index in [2.05, 4.69) is 10.1 Å². The number of hydrogen-bond acceptors (Lipinski definition) is 5. The van der Waals surface area contributed by atoms with Crippen molar-refractivity contribution in [1.82, 2.24) is 14.8 Å². The second kappa shape index (κ2) is 8.04. The van der Waals surface area contributed by atoms with Gasteiger partial charge >= 0.3 is 6.18 Å². The van der Waals surface area contributed by atoms with Crippen LogP contribution in [0.1, 0.15) is 18.4 Å². The number of rotatable bonds is 3. The number of aryl methyl sites for hydroxylation is 1. The molecule has 32 heavy (non-hydrogen) atoms. The first-order valence-electron chi connectivity index (χ1n) is 9.62. The molecular weight excluding hydrogens is 459 g/mol. The van der Waals surface area contributed by atoms with Gasteiger partial charge in [0.15, 0.2) is 17.4 Å². The van der Waals surface area contributed by atoms with Crippen molar-refractivity contribution in [1.29, 1.82) is 0 Å². The van der Waals surface area contributed by atoms with Crippen LogP contribution in [0.25, 0.3) is 22.2 Å². The third-order valence-electron chi connectivity index (χ3n) is 5.61. The number of phenols is 1. The maximum atomic E-state index is 14.6. The van der Waals surface area contributed by atoms with Gasteiger partial charge in [0.1, 0.15) is 16.5 Å². The minimum absolute atomic E-state index is 0.125. The first kappa shape index (κ1) is 22.5. The van der Waals surface area contributed by atoms with Crippen LogP contribution in [0.5, 0.6) is 5.75 Å². The number of pyridine rings is 1. The van der Waals surface area contributed by atoms with Crippen molar-refractivity contribution in [2.75, 3.05) is 25.2 Å². The van der Waals surface area contributed by atoms with E-state index in [4.69, 9.17) is 16.3 Å². The van der Waals surface area contributed by atoms with Crippen molar-refractivity contribution in [3.05, 3.63) is 34.5 Å². The summed E-state index contributed by atoms with van der Waals surface area (Å²) in [7, 11) is 3.31. The van der Waals surface area contributed by atoms with Crippen LogP contribution in [0.2, 0.25) is 5.02 Å². The molecule has 1 aliphatic heterocycles. The van der Waals surface area contributed by atoms with E-state index in [0.717, 1.165) is 12.8 Å². The zero-order chi connectivity index (χ0) is 23.4. The van der Waals surface area contributed by atoms with Crippen LogP contribution in [-0.4, -0.2) is 46.2 Å². The summed E-state index contributed by atoms with van der Waals surface area (Å²) >= 11 is 6.58. The molecule has 0 atom stereocenters. The third-order valence-corrected chi connectivity index (χ3v) is 5.96. The van der Waals surface area contributed by atoms with Crippen molar-refractivity contribution < 1.29 is 31.8 Å². The molecular formula is C20H18ClF5N4O2. The number of anilines is 1. The maximum absolute atomic E-state index is 14.6. The lowest BCUT2D eigenvalue weighted by atomic mass is 10.0. The quantitative estimate of drug-likeness (QED) is 0.544.